The molecule has 0 aliphatic heterocycles. The lowest BCUT2D eigenvalue weighted by Gasteiger charge is -2.00. The molecule has 0 amide bonds. The first-order valence-corrected chi connectivity index (χ1v) is 5.65. The molecule has 0 aromatic heterocycles. The topological polar surface area (TPSA) is 17.1 Å². The van der Waals surface area contributed by atoms with Crippen molar-refractivity contribution in [3.63, 3.8) is 0 Å². The molecule has 2 rings (SSSR count). The molecule has 1 nitrogen and oxygen atoms in total. The first-order valence-electron chi connectivity index (χ1n) is 4.89. The number of ketones is 1. The zero-order valence-corrected chi connectivity index (χ0v) is 10.1. The summed E-state index contributed by atoms with van der Waals surface area (Å²) >= 11 is 12.2. The Kier molecular flexibility index (Phi) is 2.56. The lowest BCUT2D eigenvalue weighted by Crippen LogP contribution is -1.99. The molecular formula is C12H12Cl2O. The van der Waals surface area contributed by atoms with E-state index in [4.69, 9.17) is 23.2 Å². The normalized spacial score (nSPS) is 27.5. The molecule has 80 valence electrons. The molecule has 1 aromatic rings. The Morgan fingerprint density at radius 2 is 2.07 bits per heavy atom. The lowest BCUT2D eigenvalue weighted by molar-refractivity contribution is -0.118. The van der Waals surface area contributed by atoms with Gasteiger partial charge < -0.3 is 0 Å². The second kappa shape index (κ2) is 3.50. The summed E-state index contributed by atoms with van der Waals surface area (Å²) in [6.07, 6.45) is 0. The fraction of sp³-hybridized carbons (Fsp3) is 0.417. The predicted octanol–water partition coefficient (Wildman–Crippen LogP) is 3.47. The largest absolute Gasteiger partial charge is 0.300 e. The van der Waals surface area contributed by atoms with E-state index in [2.05, 4.69) is 0 Å². The number of carbonyl (C=O) groups is 1. The Morgan fingerprint density at radius 1 is 1.40 bits per heavy atom. The van der Waals surface area contributed by atoms with E-state index >= 15 is 0 Å². The van der Waals surface area contributed by atoms with Gasteiger partial charge in [0.05, 0.1) is 5.92 Å². The summed E-state index contributed by atoms with van der Waals surface area (Å²) in [5.41, 5.74) is 2.21. The molecule has 1 aromatic carbocycles. The van der Waals surface area contributed by atoms with Crippen LogP contribution in [-0.4, -0.2) is 10.1 Å². The van der Waals surface area contributed by atoms with Gasteiger partial charge in [0.2, 0.25) is 0 Å². The van der Waals surface area contributed by atoms with Crippen LogP contribution in [0.1, 0.15) is 24.0 Å². The molecule has 1 fully saturated rings. The van der Waals surface area contributed by atoms with Gasteiger partial charge in [-0.3, -0.25) is 4.79 Å². The van der Waals surface area contributed by atoms with Crippen molar-refractivity contribution < 1.29 is 4.79 Å². The second-order valence-corrected chi connectivity index (χ2v) is 5.60. The van der Waals surface area contributed by atoms with Gasteiger partial charge in [-0.25, -0.2) is 0 Å². The Hall–Kier alpha value is -0.530. The Labute approximate surface area is 99.4 Å². The number of halogens is 2. The van der Waals surface area contributed by atoms with Gasteiger partial charge in [-0.2, -0.15) is 0 Å². The van der Waals surface area contributed by atoms with Gasteiger partial charge in [-0.15, -0.1) is 23.2 Å². The fourth-order valence-electron chi connectivity index (χ4n) is 2.11. The summed E-state index contributed by atoms with van der Waals surface area (Å²) in [6.45, 7) is 3.55. The van der Waals surface area contributed by atoms with E-state index in [0.717, 1.165) is 11.1 Å². The van der Waals surface area contributed by atoms with Crippen LogP contribution in [0.3, 0.4) is 0 Å². The number of benzene rings is 1. The fourth-order valence-corrected chi connectivity index (χ4v) is 3.05. The summed E-state index contributed by atoms with van der Waals surface area (Å²) in [4.78, 5) is 11.3. The first kappa shape index (κ1) is 11.0. The summed E-state index contributed by atoms with van der Waals surface area (Å²) in [5, 5.41) is 0. The summed E-state index contributed by atoms with van der Waals surface area (Å²) in [7, 11) is 0. The highest BCUT2D eigenvalue weighted by molar-refractivity contribution is 6.53. The van der Waals surface area contributed by atoms with Gasteiger partial charge in [0.25, 0.3) is 0 Å². The third kappa shape index (κ3) is 1.79. The monoisotopic (exact) mass is 242 g/mol. The highest BCUT2D eigenvalue weighted by Crippen LogP contribution is 2.65. The maximum Gasteiger partial charge on any atom is 0.136 e. The smallest absolute Gasteiger partial charge is 0.136 e. The van der Waals surface area contributed by atoms with E-state index in [1.54, 1.807) is 6.92 Å². The molecule has 3 heteroatoms. The van der Waals surface area contributed by atoms with E-state index in [1.807, 2.05) is 31.2 Å². The van der Waals surface area contributed by atoms with Crippen molar-refractivity contribution >= 4 is 29.0 Å². The number of hydrogen-bond acceptors (Lipinski definition) is 1. The second-order valence-electron chi connectivity index (χ2n) is 4.15. The molecule has 1 saturated carbocycles. The average molecular weight is 243 g/mol. The molecule has 2 unspecified atom stereocenters. The standard InChI is InChI=1S/C12H12Cl2O/c1-7-4-3-5-9(6-7)11-10(8(2)15)12(11,13)14/h3-6,10-11H,1-2H3. The highest BCUT2D eigenvalue weighted by atomic mass is 35.5. The van der Waals surface area contributed by atoms with Crippen molar-refractivity contribution in [2.45, 2.75) is 24.1 Å². The zero-order chi connectivity index (χ0) is 11.2. The van der Waals surface area contributed by atoms with Crippen LogP contribution >= 0.6 is 23.2 Å². The van der Waals surface area contributed by atoms with E-state index in [0.29, 0.717) is 0 Å². The third-order valence-electron chi connectivity index (χ3n) is 2.89. The van der Waals surface area contributed by atoms with Crippen LogP contribution in [0.25, 0.3) is 0 Å². The van der Waals surface area contributed by atoms with Crippen LogP contribution in [0.15, 0.2) is 24.3 Å². The van der Waals surface area contributed by atoms with Gasteiger partial charge in [-0.1, -0.05) is 29.8 Å². The predicted molar refractivity (Wildman–Crippen MR) is 62.5 cm³/mol. The number of aryl methyl sites for hydroxylation is 1. The molecule has 15 heavy (non-hydrogen) atoms. The molecule has 0 heterocycles. The van der Waals surface area contributed by atoms with Crippen molar-refractivity contribution in [1.29, 1.82) is 0 Å². The number of alkyl halides is 2. The van der Waals surface area contributed by atoms with E-state index in [9.17, 15) is 4.79 Å². The maximum absolute atomic E-state index is 11.3. The summed E-state index contributed by atoms with van der Waals surface area (Å²) in [5.74, 6) is -0.229. The Balaban J connectivity index is 2.31. The lowest BCUT2D eigenvalue weighted by atomic mass is 10.1. The minimum absolute atomic E-state index is 0.0433. The van der Waals surface area contributed by atoms with Crippen molar-refractivity contribution in [2.24, 2.45) is 5.92 Å². The van der Waals surface area contributed by atoms with Gasteiger partial charge in [0.15, 0.2) is 0 Å². The summed E-state index contributed by atoms with van der Waals surface area (Å²) in [6, 6.07) is 7.98. The van der Waals surface area contributed by atoms with Crippen LogP contribution in [0.2, 0.25) is 0 Å². The minimum Gasteiger partial charge on any atom is -0.300 e. The molecular weight excluding hydrogens is 231 g/mol. The van der Waals surface area contributed by atoms with E-state index < -0.39 is 4.33 Å². The van der Waals surface area contributed by atoms with Crippen molar-refractivity contribution in [2.75, 3.05) is 0 Å². The Bertz CT molecular complexity index is 412. The molecule has 0 bridgehead atoms. The van der Waals surface area contributed by atoms with Crippen LogP contribution in [-0.2, 0) is 4.79 Å². The molecule has 0 spiro atoms. The van der Waals surface area contributed by atoms with Crippen LogP contribution in [0.5, 0.6) is 0 Å². The van der Waals surface area contributed by atoms with Crippen LogP contribution < -0.4 is 0 Å². The average Bonchev–Trinajstić information content (AvgIpc) is 2.69. The van der Waals surface area contributed by atoms with Gasteiger partial charge in [0, 0.05) is 5.92 Å². The van der Waals surface area contributed by atoms with Crippen LogP contribution in [0, 0.1) is 12.8 Å². The zero-order valence-electron chi connectivity index (χ0n) is 8.63. The SMILES string of the molecule is CC(=O)C1C(c2cccc(C)c2)C1(Cl)Cl. The number of hydrogen-bond donors (Lipinski definition) is 0. The van der Waals surface area contributed by atoms with E-state index in [-0.39, 0.29) is 17.6 Å². The summed E-state index contributed by atoms with van der Waals surface area (Å²) < 4.78 is -0.903. The van der Waals surface area contributed by atoms with E-state index in [1.165, 1.54) is 0 Å². The quantitative estimate of drug-likeness (QED) is 0.727. The van der Waals surface area contributed by atoms with Crippen molar-refractivity contribution in [1.82, 2.24) is 0 Å². The molecule has 1 aliphatic carbocycles. The number of Topliss-reactive ketones (excluding diaryl/α,β-unsaturated/α-hetero) is 1. The highest BCUT2D eigenvalue weighted by Gasteiger charge is 2.66. The van der Waals surface area contributed by atoms with Crippen LogP contribution in [0.4, 0.5) is 0 Å². The molecule has 0 radical (unpaired) electrons. The third-order valence-corrected chi connectivity index (χ3v) is 3.83. The number of carbonyl (C=O) groups excluding carboxylic acids is 1. The maximum atomic E-state index is 11.3. The van der Waals surface area contributed by atoms with Gasteiger partial charge in [0.1, 0.15) is 10.1 Å². The van der Waals surface area contributed by atoms with Gasteiger partial charge in [-0.05, 0) is 19.4 Å². The number of rotatable bonds is 2. The Morgan fingerprint density at radius 3 is 2.53 bits per heavy atom. The van der Waals surface area contributed by atoms with Crippen molar-refractivity contribution in [3.8, 4) is 0 Å². The first-order chi connectivity index (χ1) is 6.94. The van der Waals surface area contributed by atoms with Gasteiger partial charge >= 0.3 is 0 Å². The minimum atomic E-state index is -0.903. The molecule has 0 N–H and O–H groups in total. The molecule has 0 saturated heterocycles. The van der Waals surface area contributed by atoms with Crippen molar-refractivity contribution in [3.05, 3.63) is 35.4 Å². The molecule has 1 aliphatic rings. The molecule has 2 atom stereocenters.